The predicted octanol–water partition coefficient (Wildman–Crippen LogP) is 3.91. The molecule has 17 heavy (non-hydrogen) atoms. The maximum absolute atomic E-state index is 8.45. The fourth-order valence-corrected chi connectivity index (χ4v) is 3.83. The molecule has 98 valence electrons. The van der Waals surface area contributed by atoms with E-state index in [1.165, 1.54) is 32.1 Å². The minimum atomic E-state index is 0.500. The molecule has 1 saturated carbocycles. The van der Waals surface area contributed by atoms with E-state index in [-0.39, 0.29) is 0 Å². The van der Waals surface area contributed by atoms with E-state index in [4.69, 9.17) is 5.41 Å². The molecule has 2 unspecified atom stereocenters. The van der Waals surface area contributed by atoms with Crippen LogP contribution in [0.15, 0.2) is 0 Å². The van der Waals surface area contributed by atoms with Gasteiger partial charge in [-0.1, -0.05) is 20.3 Å². The highest BCUT2D eigenvalue weighted by Gasteiger charge is 2.39. The summed E-state index contributed by atoms with van der Waals surface area (Å²) in [5.74, 6) is 2.26. The van der Waals surface area contributed by atoms with Crippen molar-refractivity contribution in [2.75, 3.05) is 6.54 Å². The second-order valence-electron chi connectivity index (χ2n) is 7.09. The van der Waals surface area contributed by atoms with Crippen LogP contribution in [0.5, 0.6) is 0 Å². The van der Waals surface area contributed by atoms with Crippen LogP contribution in [0, 0.1) is 22.7 Å². The van der Waals surface area contributed by atoms with Crippen LogP contribution < -0.4 is 0 Å². The molecule has 0 amide bonds. The van der Waals surface area contributed by atoms with Gasteiger partial charge in [0.15, 0.2) is 0 Å². The summed E-state index contributed by atoms with van der Waals surface area (Å²) in [7, 11) is 0. The third-order valence-corrected chi connectivity index (χ3v) is 4.78. The van der Waals surface area contributed by atoms with Crippen molar-refractivity contribution in [1.82, 2.24) is 4.90 Å². The summed E-state index contributed by atoms with van der Waals surface area (Å²) >= 11 is 0. The highest BCUT2D eigenvalue weighted by Crippen LogP contribution is 2.43. The van der Waals surface area contributed by atoms with Crippen LogP contribution in [0.1, 0.15) is 59.8 Å². The first-order valence-corrected chi connectivity index (χ1v) is 7.26. The zero-order chi connectivity index (χ0) is 12.6. The molecule has 0 bridgehead atoms. The van der Waals surface area contributed by atoms with Gasteiger partial charge >= 0.3 is 0 Å². The molecule has 2 atom stereocenters. The summed E-state index contributed by atoms with van der Waals surface area (Å²) in [6.45, 7) is 10.4. The van der Waals surface area contributed by atoms with Gasteiger partial charge in [-0.15, -0.1) is 0 Å². The van der Waals surface area contributed by atoms with Gasteiger partial charge in [0.1, 0.15) is 0 Å². The Labute approximate surface area is 106 Å². The van der Waals surface area contributed by atoms with Gasteiger partial charge in [0.25, 0.3) is 0 Å². The molecular weight excluding hydrogens is 208 g/mol. The Morgan fingerprint density at radius 3 is 2.65 bits per heavy atom. The number of nitrogens with one attached hydrogen (secondary N) is 1. The lowest BCUT2D eigenvalue weighted by molar-refractivity contribution is 0.182. The number of likely N-dealkylation sites (tertiary alicyclic amines) is 1. The monoisotopic (exact) mass is 236 g/mol. The molecule has 2 nitrogen and oxygen atoms in total. The highest BCUT2D eigenvalue weighted by atomic mass is 15.2. The van der Waals surface area contributed by atoms with E-state index in [1.54, 1.807) is 0 Å². The van der Waals surface area contributed by atoms with Crippen LogP contribution in [-0.4, -0.2) is 23.3 Å². The van der Waals surface area contributed by atoms with Gasteiger partial charge in [-0.3, -0.25) is 5.41 Å². The van der Waals surface area contributed by atoms with Crippen molar-refractivity contribution < 1.29 is 0 Å². The summed E-state index contributed by atoms with van der Waals surface area (Å²) in [5.41, 5.74) is 0.500. The molecule has 1 aliphatic heterocycles. The maximum Gasteiger partial charge on any atom is 0.0994 e. The molecule has 2 rings (SSSR count). The Kier molecular flexibility index (Phi) is 3.51. The maximum atomic E-state index is 8.45. The van der Waals surface area contributed by atoms with Crippen LogP contribution in [0.25, 0.3) is 0 Å². The van der Waals surface area contributed by atoms with Gasteiger partial charge < -0.3 is 4.90 Å². The third kappa shape index (κ3) is 2.66. The first kappa shape index (κ1) is 12.9. The van der Waals surface area contributed by atoms with E-state index in [9.17, 15) is 0 Å². The SMILES string of the molecule is CC(C)N1CCC2CC(C)(C)CCCC2C1=N. The number of nitrogens with zero attached hydrogens (tertiary/aromatic N) is 1. The predicted molar refractivity (Wildman–Crippen MR) is 73.4 cm³/mol. The Balaban J connectivity index is 2.12. The molecule has 1 heterocycles. The molecule has 0 radical (unpaired) electrons. The van der Waals surface area contributed by atoms with E-state index < -0.39 is 0 Å². The molecular formula is C15H28N2. The minimum absolute atomic E-state index is 0.500. The molecule has 1 saturated heterocycles. The van der Waals surface area contributed by atoms with E-state index in [2.05, 4.69) is 32.6 Å². The molecule has 0 aromatic carbocycles. The molecule has 0 spiro atoms. The van der Waals surface area contributed by atoms with Crippen molar-refractivity contribution >= 4 is 5.84 Å². The number of hydrogen-bond acceptors (Lipinski definition) is 1. The van der Waals surface area contributed by atoms with Gasteiger partial charge in [-0.2, -0.15) is 0 Å². The first-order valence-electron chi connectivity index (χ1n) is 7.26. The van der Waals surface area contributed by atoms with Crippen molar-refractivity contribution in [3.8, 4) is 0 Å². The molecule has 0 aromatic rings. The Hall–Kier alpha value is -0.530. The number of hydrogen-bond donors (Lipinski definition) is 1. The zero-order valence-electron chi connectivity index (χ0n) is 11.9. The lowest BCUT2D eigenvalue weighted by Gasteiger charge is -2.43. The van der Waals surface area contributed by atoms with Crippen LogP contribution in [-0.2, 0) is 0 Å². The molecule has 2 heteroatoms. The van der Waals surface area contributed by atoms with Crippen LogP contribution in [0.4, 0.5) is 0 Å². The highest BCUT2D eigenvalue weighted by molar-refractivity contribution is 5.83. The fourth-order valence-electron chi connectivity index (χ4n) is 3.83. The van der Waals surface area contributed by atoms with E-state index >= 15 is 0 Å². The second-order valence-corrected chi connectivity index (χ2v) is 7.09. The van der Waals surface area contributed by atoms with Gasteiger partial charge in [0.2, 0.25) is 0 Å². The molecule has 2 fully saturated rings. The zero-order valence-corrected chi connectivity index (χ0v) is 11.9. The molecule has 0 aromatic heterocycles. The largest absolute Gasteiger partial charge is 0.358 e. The normalized spacial score (nSPS) is 33.5. The van der Waals surface area contributed by atoms with Crippen molar-refractivity contribution in [3.63, 3.8) is 0 Å². The lowest BCUT2D eigenvalue weighted by Crippen LogP contribution is -2.48. The summed E-state index contributed by atoms with van der Waals surface area (Å²) < 4.78 is 0. The lowest BCUT2D eigenvalue weighted by atomic mass is 9.75. The topological polar surface area (TPSA) is 27.1 Å². The summed E-state index contributed by atoms with van der Waals surface area (Å²) in [6.07, 6.45) is 6.52. The molecule has 2 aliphatic rings. The van der Waals surface area contributed by atoms with Crippen molar-refractivity contribution in [2.45, 2.75) is 65.8 Å². The first-order chi connectivity index (χ1) is 7.91. The molecule has 1 N–H and O–H groups in total. The Bertz CT molecular complexity index is 293. The number of rotatable bonds is 1. The van der Waals surface area contributed by atoms with Gasteiger partial charge in [0.05, 0.1) is 5.84 Å². The average Bonchev–Trinajstić information content (AvgIpc) is 2.35. The third-order valence-electron chi connectivity index (χ3n) is 4.78. The van der Waals surface area contributed by atoms with Crippen LogP contribution in [0.2, 0.25) is 0 Å². The van der Waals surface area contributed by atoms with Crippen LogP contribution in [0.3, 0.4) is 0 Å². The van der Waals surface area contributed by atoms with Crippen molar-refractivity contribution in [2.24, 2.45) is 17.3 Å². The summed E-state index contributed by atoms with van der Waals surface area (Å²) in [6, 6.07) is 0.500. The van der Waals surface area contributed by atoms with Gasteiger partial charge in [0, 0.05) is 18.5 Å². The van der Waals surface area contributed by atoms with Crippen molar-refractivity contribution in [1.29, 1.82) is 5.41 Å². The number of amidine groups is 1. The minimum Gasteiger partial charge on any atom is -0.358 e. The van der Waals surface area contributed by atoms with Gasteiger partial charge in [-0.05, 0) is 50.9 Å². The van der Waals surface area contributed by atoms with E-state index in [1.807, 2.05) is 0 Å². The Morgan fingerprint density at radius 1 is 1.29 bits per heavy atom. The second kappa shape index (κ2) is 4.62. The summed E-state index contributed by atoms with van der Waals surface area (Å²) in [5, 5.41) is 8.45. The quantitative estimate of drug-likeness (QED) is 0.734. The fraction of sp³-hybridized carbons (Fsp3) is 0.933. The van der Waals surface area contributed by atoms with E-state index in [0.717, 1.165) is 18.3 Å². The summed E-state index contributed by atoms with van der Waals surface area (Å²) in [4.78, 5) is 2.32. The molecule has 1 aliphatic carbocycles. The standard InChI is InChI=1S/C15H28N2/c1-11(2)17-9-7-12-10-15(3,4)8-5-6-13(12)14(17)16/h11-13,16H,5-10H2,1-4H3. The van der Waals surface area contributed by atoms with Gasteiger partial charge in [-0.25, -0.2) is 0 Å². The van der Waals surface area contributed by atoms with Crippen LogP contribution >= 0.6 is 0 Å². The Morgan fingerprint density at radius 2 is 2.00 bits per heavy atom. The van der Waals surface area contributed by atoms with E-state index in [0.29, 0.717) is 17.4 Å². The number of fused-ring (bicyclic) bond motifs is 1. The smallest absolute Gasteiger partial charge is 0.0994 e. The average molecular weight is 236 g/mol. The number of piperidine rings is 1. The van der Waals surface area contributed by atoms with Crippen molar-refractivity contribution in [3.05, 3.63) is 0 Å².